The predicted molar refractivity (Wildman–Crippen MR) is 139 cm³/mol. The van der Waals surface area contributed by atoms with Gasteiger partial charge in [-0.3, -0.25) is 0 Å². The summed E-state index contributed by atoms with van der Waals surface area (Å²) < 4.78 is 35.5. The highest BCUT2D eigenvalue weighted by Crippen LogP contribution is 2.43. The van der Waals surface area contributed by atoms with E-state index in [1.54, 1.807) is 23.3 Å². The average Bonchev–Trinajstić information content (AvgIpc) is 3.47. The van der Waals surface area contributed by atoms with Crippen molar-refractivity contribution in [2.24, 2.45) is 0 Å². The lowest BCUT2D eigenvalue weighted by Gasteiger charge is -2.32. The molecule has 6 nitrogen and oxygen atoms in total. The zero-order valence-electron chi connectivity index (χ0n) is 20.5. The molecule has 0 spiro atoms. The van der Waals surface area contributed by atoms with Gasteiger partial charge in [0.15, 0.2) is 0 Å². The lowest BCUT2D eigenvalue weighted by molar-refractivity contribution is 0.194. The fourth-order valence-corrected chi connectivity index (χ4v) is 6.71. The van der Waals surface area contributed by atoms with Gasteiger partial charge in [-0.25, -0.2) is 13.6 Å². The number of nitrogens with one attached hydrogen (secondary N) is 1. The highest BCUT2D eigenvalue weighted by atomic mass is 32.1. The maximum absolute atomic E-state index is 14.5. The van der Waals surface area contributed by atoms with Gasteiger partial charge in [0.05, 0.1) is 31.1 Å². The van der Waals surface area contributed by atoms with Gasteiger partial charge in [0.1, 0.15) is 22.4 Å². The monoisotopic (exact) mass is 520 g/mol. The van der Waals surface area contributed by atoms with Gasteiger partial charge in [0.25, 0.3) is 0 Å². The number of methoxy groups -OCH3 is 1. The van der Waals surface area contributed by atoms with E-state index in [9.17, 15) is 13.6 Å². The Bertz CT molecular complexity index is 1480. The minimum absolute atomic E-state index is 0.0614. The van der Waals surface area contributed by atoms with Crippen LogP contribution in [0.25, 0.3) is 5.00 Å². The van der Waals surface area contributed by atoms with E-state index in [0.29, 0.717) is 6.54 Å². The number of carbonyl (C=O) groups is 1. The van der Waals surface area contributed by atoms with Crippen molar-refractivity contribution in [2.45, 2.75) is 25.6 Å². The number of thiophene rings is 1. The van der Waals surface area contributed by atoms with Crippen LogP contribution >= 0.6 is 11.3 Å². The number of amides is 2. The highest BCUT2D eigenvalue weighted by Gasteiger charge is 2.36. The van der Waals surface area contributed by atoms with E-state index >= 15 is 0 Å². The van der Waals surface area contributed by atoms with Crippen molar-refractivity contribution in [1.82, 2.24) is 14.4 Å². The first kappa shape index (κ1) is 23.7. The number of nitrogens with zero attached hydrogens (tertiary/aromatic N) is 3. The molecule has 0 saturated heterocycles. The Balaban J connectivity index is 1.48. The molecule has 0 fully saturated rings. The molecule has 37 heavy (non-hydrogen) atoms. The minimum atomic E-state index is -0.816. The van der Waals surface area contributed by atoms with Crippen LogP contribution in [0.15, 0.2) is 60.8 Å². The van der Waals surface area contributed by atoms with Gasteiger partial charge < -0.3 is 24.4 Å². The van der Waals surface area contributed by atoms with Crippen LogP contribution in [0.2, 0.25) is 0 Å². The number of ether oxygens (including phenoxy) is 1. The Morgan fingerprint density at radius 3 is 2.65 bits per heavy atom. The number of likely N-dealkylation sites (N-methyl/N-ethyl adjacent to an activating group) is 1. The molecule has 0 saturated carbocycles. The standard InChI is InChI=1S/C28H26F2N4O2S/c1-32-13-11-20-21-15-34(28(35)31-23-10-7-18(29)14-22(23)30)26(17-5-8-19(36-2)9-6-17)24-4-3-12-33(24)27(21)37-25(20)16-32/h3-10,12,14,26H,11,13,15-16H2,1-2H3,(H,31,35). The third-order valence-electron chi connectivity index (χ3n) is 7.12. The van der Waals surface area contributed by atoms with Gasteiger partial charge in [0.2, 0.25) is 0 Å². The van der Waals surface area contributed by atoms with Gasteiger partial charge in [-0.05, 0) is 61.0 Å². The summed E-state index contributed by atoms with van der Waals surface area (Å²) >= 11 is 1.77. The summed E-state index contributed by atoms with van der Waals surface area (Å²) in [5, 5.41) is 3.81. The number of fused-ring (bicyclic) bond motifs is 5. The number of anilines is 1. The molecule has 1 unspecified atom stereocenters. The van der Waals surface area contributed by atoms with Gasteiger partial charge in [0, 0.05) is 35.8 Å². The lowest BCUT2D eigenvalue weighted by Crippen LogP contribution is -2.38. The zero-order chi connectivity index (χ0) is 25.7. The molecule has 2 aliphatic heterocycles. The number of carbonyl (C=O) groups excluding carboxylic acids is 1. The Labute approximate surface area is 217 Å². The quantitative estimate of drug-likeness (QED) is 0.363. The number of halogens is 2. The summed E-state index contributed by atoms with van der Waals surface area (Å²) in [7, 11) is 3.73. The van der Waals surface area contributed by atoms with Crippen LogP contribution in [0.3, 0.4) is 0 Å². The first-order valence-corrected chi connectivity index (χ1v) is 12.9. The first-order valence-electron chi connectivity index (χ1n) is 12.1. The van der Waals surface area contributed by atoms with E-state index in [1.165, 1.54) is 16.5 Å². The molecule has 1 atom stereocenters. The van der Waals surface area contributed by atoms with Crippen LogP contribution in [-0.4, -0.2) is 41.1 Å². The van der Waals surface area contributed by atoms with Crippen LogP contribution in [0, 0.1) is 11.6 Å². The van der Waals surface area contributed by atoms with Crippen LogP contribution in [0.4, 0.5) is 19.3 Å². The van der Waals surface area contributed by atoms with Crippen molar-refractivity contribution < 1.29 is 18.3 Å². The Hall–Kier alpha value is -3.69. The Morgan fingerprint density at radius 2 is 1.89 bits per heavy atom. The second kappa shape index (κ2) is 9.32. The Morgan fingerprint density at radius 1 is 1.08 bits per heavy atom. The predicted octanol–water partition coefficient (Wildman–Crippen LogP) is 5.95. The second-order valence-corrected chi connectivity index (χ2v) is 10.5. The topological polar surface area (TPSA) is 49.7 Å². The minimum Gasteiger partial charge on any atom is -0.497 e. The molecule has 9 heteroatoms. The lowest BCUT2D eigenvalue weighted by atomic mass is 10.00. The third kappa shape index (κ3) is 4.18. The molecule has 2 amide bonds. The van der Waals surface area contributed by atoms with Crippen molar-refractivity contribution in [3.05, 3.63) is 99.7 Å². The molecule has 2 aliphatic rings. The molecule has 6 rings (SSSR count). The maximum Gasteiger partial charge on any atom is 0.323 e. The third-order valence-corrected chi connectivity index (χ3v) is 8.38. The maximum atomic E-state index is 14.5. The van der Waals surface area contributed by atoms with Crippen molar-refractivity contribution >= 4 is 23.1 Å². The SMILES string of the molecule is COc1ccc(C2c3cccn3-c3sc4c(c3CN2C(=O)Nc2ccc(F)cc2F)CCN(C)C4)cc1. The molecule has 190 valence electrons. The fourth-order valence-electron chi connectivity index (χ4n) is 5.27. The smallest absolute Gasteiger partial charge is 0.323 e. The second-order valence-electron chi connectivity index (χ2n) is 9.44. The summed E-state index contributed by atoms with van der Waals surface area (Å²) in [6.07, 6.45) is 2.95. The molecule has 0 aliphatic carbocycles. The van der Waals surface area contributed by atoms with Crippen molar-refractivity contribution in [2.75, 3.05) is 26.0 Å². The van der Waals surface area contributed by atoms with Crippen LogP contribution in [0.5, 0.6) is 5.75 Å². The van der Waals surface area contributed by atoms with Crippen molar-refractivity contribution in [3.63, 3.8) is 0 Å². The molecule has 0 radical (unpaired) electrons. The summed E-state index contributed by atoms with van der Waals surface area (Å²) in [5.41, 5.74) is 4.19. The normalized spacial score (nSPS) is 17.0. The number of urea groups is 1. The molecular weight excluding hydrogens is 494 g/mol. The number of aromatic nitrogens is 1. The van der Waals surface area contributed by atoms with Gasteiger partial charge >= 0.3 is 6.03 Å². The molecule has 2 aromatic carbocycles. The van der Waals surface area contributed by atoms with Gasteiger partial charge in [-0.1, -0.05) is 12.1 Å². The molecule has 1 N–H and O–H groups in total. The molecule has 4 aromatic rings. The van der Waals surface area contributed by atoms with Crippen LogP contribution in [-0.2, 0) is 19.5 Å². The van der Waals surface area contributed by atoms with E-state index in [2.05, 4.69) is 21.8 Å². The summed E-state index contributed by atoms with van der Waals surface area (Å²) in [6.45, 7) is 2.18. The number of hydrogen-bond donors (Lipinski definition) is 1. The zero-order valence-corrected chi connectivity index (χ0v) is 21.3. The van der Waals surface area contributed by atoms with E-state index < -0.39 is 23.7 Å². The Kier molecular flexibility index (Phi) is 5.97. The number of benzene rings is 2. The van der Waals surface area contributed by atoms with E-state index in [4.69, 9.17) is 4.74 Å². The van der Waals surface area contributed by atoms with Crippen molar-refractivity contribution in [1.29, 1.82) is 0 Å². The first-order chi connectivity index (χ1) is 17.9. The fraction of sp³-hybridized carbons (Fsp3) is 0.250. The molecule has 4 heterocycles. The molecule has 0 bridgehead atoms. The number of hydrogen-bond acceptors (Lipinski definition) is 4. The average molecular weight is 521 g/mol. The van der Waals surface area contributed by atoms with Crippen LogP contribution < -0.4 is 10.1 Å². The van der Waals surface area contributed by atoms with Crippen molar-refractivity contribution in [3.8, 4) is 10.8 Å². The van der Waals surface area contributed by atoms with Crippen LogP contribution in [0.1, 0.15) is 33.3 Å². The molecular formula is C28H26F2N4O2S. The summed E-state index contributed by atoms with van der Waals surface area (Å²) in [6, 6.07) is 13.9. The summed E-state index contributed by atoms with van der Waals surface area (Å²) in [4.78, 5) is 19.2. The van der Waals surface area contributed by atoms with E-state index in [-0.39, 0.29) is 5.69 Å². The molecule has 2 aromatic heterocycles. The van der Waals surface area contributed by atoms with E-state index in [0.717, 1.165) is 59.2 Å². The number of rotatable bonds is 3. The van der Waals surface area contributed by atoms with Gasteiger partial charge in [-0.15, -0.1) is 11.3 Å². The largest absolute Gasteiger partial charge is 0.497 e. The van der Waals surface area contributed by atoms with Gasteiger partial charge in [-0.2, -0.15) is 0 Å². The highest BCUT2D eigenvalue weighted by molar-refractivity contribution is 7.15. The van der Waals surface area contributed by atoms with E-state index in [1.807, 2.05) is 42.6 Å². The summed E-state index contributed by atoms with van der Waals surface area (Å²) in [5.74, 6) is -0.794.